The van der Waals surface area contributed by atoms with Crippen LogP contribution in [0.15, 0.2) is 18.2 Å². The topological polar surface area (TPSA) is 21.3 Å². The van der Waals surface area contributed by atoms with Gasteiger partial charge in [0.05, 0.1) is 0 Å². The normalized spacial score (nSPS) is 12.7. The molecule has 1 N–H and O–H groups in total. The number of ether oxygens (including phenoxy) is 1. The van der Waals surface area contributed by atoms with Crippen molar-refractivity contribution in [3.05, 3.63) is 34.9 Å². The summed E-state index contributed by atoms with van der Waals surface area (Å²) in [5, 5.41) is 3.56. The molecule has 0 bridgehead atoms. The lowest BCUT2D eigenvalue weighted by Gasteiger charge is -2.17. The van der Waals surface area contributed by atoms with Crippen LogP contribution in [0.1, 0.15) is 42.5 Å². The van der Waals surface area contributed by atoms with Crippen LogP contribution in [-0.2, 0) is 4.74 Å². The number of unbranched alkanes of at least 4 members (excludes halogenated alkanes) is 1. The molecule has 0 aliphatic rings. The molecule has 0 aliphatic heterocycles. The molecule has 1 rings (SSSR count). The van der Waals surface area contributed by atoms with E-state index in [2.05, 4.69) is 44.3 Å². The van der Waals surface area contributed by atoms with E-state index in [0.717, 1.165) is 19.6 Å². The number of hydrogen-bond donors (Lipinski definition) is 1. The van der Waals surface area contributed by atoms with E-state index in [1.165, 1.54) is 23.1 Å². The Balaban J connectivity index is 2.38. The molecule has 0 saturated carbocycles. The lowest BCUT2D eigenvalue weighted by atomic mass is 10.0. The van der Waals surface area contributed by atoms with Gasteiger partial charge in [-0.25, -0.2) is 0 Å². The Morgan fingerprint density at radius 3 is 2.65 bits per heavy atom. The van der Waals surface area contributed by atoms with Crippen LogP contribution in [0.4, 0.5) is 0 Å². The molecule has 1 aromatic rings. The molecule has 0 heterocycles. The number of hydrogen-bond acceptors (Lipinski definition) is 2. The van der Waals surface area contributed by atoms with E-state index >= 15 is 0 Å². The summed E-state index contributed by atoms with van der Waals surface area (Å²) in [4.78, 5) is 0. The molecule has 0 radical (unpaired) electrons. The second-order valence-electron chi connectivity index (χ2n) is 4.74. The highest BCUT2D eigenvalue weighted by atomic mass is 16.5. The van der Waals surface area contributed by atoms with Crippen LogP contribution >= 0.6 is 0 Å². The van der Waals surface area contributed by atoms with Crippen molar-refractivity contribution in [1.82, 2.24) is 5.32 Å². The maximum absolute atomic E-state index is 5.04. The molecule has 1 atom stereocenters. The van der Waals surface area contributed by atoms with Gasteiger partial charge < -0.3 is 10.1 Å². The van der Waals surface area contributed by atoms with Crippen LogP contribution in [0.3, 0.4) is 0 Å². The SMILES string of the molecule is COCCCCNC(C)c1ccc(C)cc1C. The zero-order valence-corrected chi connectivity index (χ0v) is 11.5. The van der Waals surface area contributed by atoms with Gasteiger partial charge in [-0.3, -0.25) is 0 Å². The molecule has 2 heteroatoms. The smallest absolute Gasteiger partial charge is 0.0462 e. The highest BCUT2D eigenvalue weighted by molar-refractivity contribution is 5.32. The summed E-state index contributed by atoms with van der Waals surface area (Å²) in [6.07, 6.45) is 2.30. The maximum Gasteiger partial charge on any atom is 0.0462 e. The fourth-order valence-electron chi connectivity index (χ4n) is 2.11. The predicted octanol–water partition coefficient (Wildman–Crippen LogP) is 3.38. The van der Waals surface area contributed by atoms with Crippen LogP contribution in [0, 0.1) is 13.8 Å². The van der Waals surface area contributed by atoms with E-state index in [1.54, 1.807) is 7.11 Å². The average Bonchev–Trinajstić information content (AvgIpc) is 2.28. The fraction of sp³-hybridized carbons (Fsp3) is 0.600. The van der Waals surface area contributed by atoms with Gasteiger partial charge in [-0.2, -0.15) is 0 Å². The van der Waals surface area contributed by atoms with E-state index in [0.29, 0.717) is 6.04 Å². The van der Waals surface area contributed by atoms with Gasteiger partial charge in [0.25, 0.3) is 0 Å². The van der Waals surface area contributed by atoms with Gasteiger partial charge in [-0.15, -0.1) is 0 Å². The molecule has 0 aliphatic carbocycles. The first-order chi connectivity index (χ1) is 8.15. The molecule has 1 aromatic carbocycles. The van der Waals surface area contributed by atoms with E-state index in [4.69, 9.17) is 4.74 Å². The van der Waals surface area contributed by atoms with Gasteiger partial charge in [0.1, 0.15) is 0 Å². The summed E-state index contributed by atoms with van der Waals surface area (Å²) in [7, 11) is 1.76. The molecule has 0 saturated heterocycles. The number of nitrogens with one attached hydrogen (secondary N) is 1. The molecular formula is C15H25NO. The van der Waals surface area contributed by atoms with Crippen molar-refractivity contribution < 1.29 is 4.74 Å². The van der Waals surface area contributed by atoms with Crippen molar-refractivity contribution in [2.75, 3.05) is 20.3 Å². The quantitative estimate of drug-likeness (QED) is 0.732. The van der Waals surface area contributed by atoms with Gasteiger partial charge >= 0.3 is 0 Å². The predicted molar refractivity (Wildman–Crippen MR) is 73.4 cm³/mol. The number of rotatable bonds is 7. The van der Waals surface area contributed by atoms with Crippen LogP contribution in [0.2, 0.25) is 0 Å². The highest BCUT2D eigenvalue weighted by Crippen LogP contribution is 2.18. The summed E-state index contributed by atoms with van der Waals surface area (Å²) < 4.78 is 5.04. The summed E-state index contributed by atoms with van der Waals surface area (Å²) in [5.41, 5.74) is 4.11. The third-order valence-electron chi connectivity index (χ3n) is 3.12. The zero-order chi connectivity index (χ0) is 12.7. The second kappa shape index (κ2) is 7.46. The molecule has 0 aromatic heterocycles. The summed E-state index contributed by atoms with van der Waals surface area (Å²) in [6.45, 7) is 8.47. The monoisotopic (exact) mass is 235 g/mol. The van der Waals surface area contributed by atoms with Gasteiger partial charge in [-0.05, 0) is 51.3 Å². The molecule has 0 spiro atoms. The van der Waals surface area contributed by atoms with E-state index in [1.807, 2.05) is 0 Å². The van der Waals surface area contributed by atoms with E-state index < -0.39 is 0 Å². The Labute approximate surface area is 105 Å². The Bertz CT molecular complexity index is 336. The van der Waals surface area contributed by atoms with Gasteiger partial charge in [0.15, 0.2) is 0 Å². The van der Waals surface area contributed by atoms with Crippen LogP contribution < -0.4 is 5.32 Å². The van der Waals surface area contributed by atoms with Crippen LogP contribution in [-0.4, -0.2) is 20.3 Å². The van der Waals surface area contributed by atoms with Gasteiger partial charge in [0.2, 0.25) is 0 Å². The number of aryl methyl sites for hydroxylation is 2. The summed E-state index contributed by atoms with van der Waals surface area (Å²) in [5.74, 6) is 0. The molecule has 2 nitrogen and oxygen atoms in total. The Morgan fingerprint density at radius 1 is 1.24 bits per heavy atom. The molecular weight excluding hydrogens is 210 g/mol. The zero-order valence-electron chi connectivity index (χ0n) is 11.5. The first-order valence-electron chi connectivity index (χ1n) is 6.44. The van der Waals surface area contributed by atoms with Crippen LogP contribution in [0.25, 0.3) is 0 Å². The first-order valence-corrected chi connectivity index (χ1v) is 6.44. The minimum absolute atomic E-state index is 0.429. The van der Waals surface area contributed by atoms with Crippen molar-refractivity contribution in [2.24, 2.45) is 0 Å². The number of benzene rings is 1. The molecule has 96 valence electrons. The summed E-state index contributed by atoms with van der Waals surface area (Å²) in [6, 6.07) is 7.10. The minimum atomic E-state index is 0.429. The Kier molecular flexibility index (Phi) is 6.23. The van der Waals surface area contributed by atoms with Crippen molar-refractivity contribution in [1.29, 1.82) is 0 Å². The van der Waals surface area contributed by atoms with Crippen molar-refractivity contribution in [2.45, 2.75) is 39.7 Å². The lowest BCUT2D eigenvalue weighted by molar-refractivity contribution is 0.192. The van der Waals surface area contributed by atoms with Crippen molar-refractivity contribution in [3.63, 3.8) is 0 Å². The maximum atomic E-state index is 5.04. The molecule has 1 unspecified atom stereocenters. The third kappa shape index (κ3) is 4.88. The Morgan fingerprint density at radius 2 is 2.00 bits per heavy atom. The lowest BCUT2D eigenvalue weighted by Crippen LogP contribution is -2.20. The first kappa shape index (κ1) is 14.2. The molecule has 0 amide bonds. The van der Waals surface area contributed by atoms with E-state index in [9.17, 15) is 0 Å². The number of methoxy groups -OCH3 is 1. The average molecular weight is 235 g/mol. The van der Waals surface area contributed by atoms with Crippen molar-refractivity contribution in [3.8, 4) is 0 Å². The van der Waals surface area contributed by atoms with Crippen molar-refractivity contribution >= 4 is 0 Å². The fourth-order valence-corrected chi connectivity index (χ4v) is 2.11. The largest absolute Gasteiger partial charge is 0.385 e. The van der Waals surface area contributed by atoms with E-state index in [-0.39, 0.29) is 0 Å². The molecule has 17 heavy (non-hydrogen) atoms. The molecule has 0 fully saturated rings. The highest BCUT2D eigenvalue weighted by Gasteiger charge is 2.07. The van der Waals surface area contributed by atoms with Gasteiger partial charge in [0, 0.05) is 19.8 Å². The third-order valence-corrected chi connectivity index (χ3v) is 3.12. The second-order valence-corrected chi connectivity index (χ2v) is 4.74. The standard InChI is InChI=1S/C15H25NO/c1-12-7-8-15(13(2)11-12)14(3)16-9-5-6-10-17-4/h7-8,11,14,16H,5-6,9-10H2,1-4H3. The summed E-state index contributed by atoms with van der Waals surface area (Å²) >= 11 is 0. The van der Waals surface area contributed by atoms with Gasteiger partial charge in [-0.1, -0.05) is 23.8 Å². The van der Waals surface area contributed by atoms with Crippen LogP contribution in [0.5, 0.6) is 0 Å². The minimum Gasteiger partial charge on any atom is -0.385 e. The Hall–Kier alpha value is -0.860.